The average Bonchev–Trinajstić information content (AvgIpc) is 4.13. The molecule has 4 amide bonds. The SMILES string of the molecule is COC(=O)NC(C(=O)N1CCCC1c1ncc(-c2ccc(-c3oc4ccc(-c5cnc(C6CCCN6C(=O)C(NC(=O)OC)C(C)C)[nH]5)cc4c(=O)c3C(=O)OC)cc2)[nH]1)C(C)C. The molecule has 4 unspecified atom stereocenters. The summed E-state index contributed by atoms with van der Waals surface area (Å²) in [6.45, 7) is 8.44. The maximum absolute atomic E-state index is 14.2. The van der Waals surface area contributed by atoms with E-state index in [1.165, 1.54) is 21.3 Å². The quantitative estimate of drug-likeness (QED) is 0.0822. The first-order valence-corrected chi connectivity index (χ1v) is 20.9. The van der Waals surface area contributed by atoms with Crippen LogP contribution in [0.3, 0.4) is 0 Å². The molecule has 2 fully saturated rings. The van der Waals surface area contributed by atoms with Crippen LogP contribution in [0.4, 0.5) is 9.59 Å². The van der Waals surface area contributed by atoms with Crippen molar-refractivity contribution < 1.29 is 42.6 Å². The maximum atomic E-state index is 14.2. The predicted octanol–water partition coefficient (Wildman–Crippen LogP) is 6.12. The Morgan fingerprint density at radius 1 is 0.698 bits per heavy atom. The first-order valence-electron chi connectivity index (χ1n) is 20.9. The van der Waals surface area contributed by atoms with Crippen molar-refractivity contribution in [2.45, 2.75) is 77.5 Å². The van der Waals surface area contributed by atoms with Crippen LogP contribution in [0.5, 0.6) is 0 Å². The summed E-state index contributed by atoms with van der Waals surface area (Å²) >= 11 is 0. The Hall–Kier alpha value is -6.98. The van der Waals surface area contributed by atoms with Crippen LogP contribution in [0.2, 0.25) is 0 Å². The van der Waals surface area contributed by atoms with E-state index >= 15 is 0 Å². The second-order valence-corrected chi connectivity index (χ2v) is 16.4. The molecule has 0 saturated carbocycles. The van der Waals surface area contributed by atoms with Gasteiger partial charge in [-0.15, -0.1) is 0 Å². The van der Waals surface area contributed by atoms with Gasteiger partial charge in [0.05, 0.1) is 62.6 Å². The minimum absolute atomic E-state index is 0.0422. The number of alkyl carbamates (subject to hydrolysis) is 2. The maximum Gasteiger partial charge on any atom is 0.407 e. The van der Waals surface area contributed by atoms with Crippen LogP contribution in [0.25, 0.3) is 44.8 Å². The molecule has 18 nitrogen and oxygen atoms in total. The fourth-order valence-electron chi connectivity index (χ4n) is 8.35. The number of H-pyrrole nitrogens is 2. The molecular formula is C45H52N8O10. The van der Waals surface area contributed by atoms with E-state index in [2.05, 4.69) is 30.6 Å². The summed E-state index contributed by atoms with van der Waals surface area (Å²) < 4.78 is 20.9. The molecule has 63 heavy (non-hydrogen) atoms. The van der Waals surface area contributed by atoms with Crippen LogP contribution in [0, 0.1) is 11.8 Å². The fourth-order valence-corrected chi connectivity index (χ4v) is 8.35. The van der Waals surface area contributed by atoms with E-state index in [-0.39, 0.29) is 58.0 Å². The lowest BCUT2D eigenvalue weighted by Gasteiger charge is -2.30. The van der Waals surface area contributed by atoms with E-state index in [1.54, 1.807) is 64.7 Å². The number of amides is 4. The molecule has 2 saturated heterocycles. The first kappa shape index (κ1) is 44.1. The molecule has 5 aromatic rings. The van der Waals surface area contributed by atoms with Gasteiger partial charge in [-0.3, -0.25) is 14.4 Å². The van der Waals surface area contributed by atoms with Gasteiger partial charge in [0.25, 0.3) is 0 Å². The number of aromatic amines is 2. The van der Waals surface area contributed by atoms with Gasteiger partial charge >= 0.3 is 18.2 Å². The Labute approximate surface area is 363 Å². The van der Waals surface area contributed by atoms with Crippen molar-refractivity contribution in [3.8, 4) is 33.8 Å². The summed E-state index contributed by atoms with van der Waals surface area (Å²) in [5.41, 5.74) is 2.50. The van der Waals surface area contributed by atoms with Gasteiger partial charge in [-0.2, -0.15) is 0 Å². The zero-order valence-corrected chi connectivity index (χ0v) is 36.3. The van der Waals surface area contributed by atoms with Crippen molar-refractivity contribution in [2.24, 2.45) is 11.8 Å². The standard InChI is InChI=1S/C45H52N8O10/c1-23(2)35(50-44(58)61-6)41(55)52-18-8-10-31(52)39-46-21-29(48-39)25-12-14-26(15-13-25)38-34(43(57)60-5)37(54)28-20-27(16-17-33(28)63-38)30-22-47-40(49-30)32-11-9-19-53(32)42(56)36(24(3)4)51-45(59)62-7/h12-17,20-24,31-32,35-36H,8-11,18-19H2,1-7H3,(H,46,48)(H,47,49)(H,50,58)(H,51,59). The van der Waals surface area contributed by atoms with Crippen molar-refractivity contribution in [3.63, 3.8) is 0 Å². The number of esters is 1. The van der Waals surface area contributed by atoms with Gasteiger partial charge in [0.15, 0.2) is 11.3 Å². The van der Waals surface area contributed by atoms with Gasteiger partial charge in [-0.25, -0.2) is 24.4 Å². The zero-order chi connectivity index (χ0) is 45.1. The Balaban J connectivity index is 1.12. The average molecular weight is 865 g/mol. The number of benzene rings is 2. The summed E-state index contributed by atoms with van der Waals surface area (Å²) in [6, 6.07) is 9.92. The number of fused-ring (bicyclic) bond motifs is 1. The van der Waals surface area contributed by atoms with Crippen LogP contribution in [-0.4, -0.2) is 106 Å². The van der Waals surface area contributed by atoms with Crippen LogP contribution >= 0.6 is 0 Å². The lowest BCUT2D eigenvalue weighted by atomic mass is 10.0. The van der Waals surface area contributed by atoms with Crippen LogP contribution in [-0.2, 0) is 23.8 Å². The number of carbonyl (C=O) groups excluding carboxylic acids is 5. The Morgan fingerprint density at radius 3 is 1.65 bits per heavy atom. The molecule has 0 bridgehead atoms. The molecular weight excluding hydrogens is 813 g/mol. The number of methoxy groups -OCH3 is 3. The third-order valence-electron chi connectivity index (χ3n) is 11.7. The second-order valence-electron chi connectivity index (χ2n) is 16.4. The number of hydrogen-bond acceptors (Lipinski definition) is 12. The number of carbonyl (C=O) groups is 5. The Kier molecular flexibility index (Phi) is 13.0. The number of hydrogen-bond donors (Lipinski definition) is 4. The van der Waals surface area contributed by atoms with E-state index in [1.807, 2.05) is 27.7 Å². The van der Waals surface area contributed by atoms with Gasteiger partial charge in [0.2, 0.25) is 17.2 Å². The lowest BCUT2D eigenvalue weighted by molar-refractivity contribution is -0.136. The van der Waals surface area contributed by atoms with Crippen molar-refractivity contribution in [2.75, 3.05) is 34.4 Å². The Bertz CT molecular complexity index is 2580. The molecule has 4 atom stereocenters. The smallest absolute Gasteiger partial charge is 0.407 e. The number of likely N-dealkylation sites (tertiary alicyclic amines) is 2. The molecule has 332 valence electrons. The highest BCUT2D eigenvalue weighted by Gasteiger charge is 2.39. The molecule has 5 heterocycles. The summed E-state index contributed by atoms with van der Waals surface area (Å²) in [7, 11) is 3.70. The molecule has 18 heteroatoms. The van der Waals surface area contributed by atoms with Crippen molar-refractivity contribution in [3.05, 3.63) is 82.3 Å². The summed E-state index contributed by atoms with van der Waals surface area (Å²) in [4.78, 5) is 98.0. The summed E-state index contributed by atoms with van der Waals surface area (Å²) in [6.07, 6.45) is 4.84. The number of rotatable bonds is 12. The summed E-state index contributed by atoms with van der Waals surface area (Å²) in [5.74, 6) is -0.435. The molecule has 0 radical (unpaired) electrons. The van der Waals surface area contributed by atoms with E-state index < -0.39 is 35.7 Å². The predicted molar refractivity (Wildman–Crippen MR) is 230 cm³/mol. The van der Waals surface area contributed by atoms with Gasteiger partial charge < -0.3 is 49.0 Å². The van der Waals surface area contributed by atoms with Gasteiger partial charge in [-0.1, -0.05) is 52.0 Å². The van der Waals surface area contributed by atoms with E-state index in [9.17, 15) is 28.8 Å². The minimum atomic E-state index is -0.860. The fraction of sp³-hybridized carbons (Fsp3) is 0.422. The number of aromatic nitrogens is 4. The molecule has 2 aromatic carbocycles. The van der Waals surface area contributed by atoms with Crippen LogP contribution < -0.4 is 16.1 Å². The largest absolute Gasteiger partial charge is 0.465 e. The van der Waals surface area contributed by atoms with Crippen molar-refractivity contribution >= 4 is 40.9 Å². The third-order valence-corrected chi connectivity index (χ3v) is 11.7. The lowest BCUT2D eigenvalue weighted by Crippen LogP contribution is -2.51. The number of ether oxygens (including phenoxy) is 3. The highest BCUT2D eigenvalue weighted by Crippen LogP contribution is 2.36. The van der Waals surface area contributed by atoms with Gasteiger partial charge in [0, 0.05) is 24.2 Å². The number of nitrogens with one attached hydrogen (secondary N) is 4. The highest BCUT2D eigenvalue weighted by molar-refractivity contribution is 5.99. The van der Waals surface area contributed by atoms with Crippen molar-refractivity contribution in [1.82, 2.24) is 40.4 Å². The molecule has 2 aliphatic heterocycles. The molecule has 7 rings (SSSR count). The molecule has 0 aliphatic carbocycles. The van der Waals surface area contributed by atoms with Crippen LogP contribution in [0.15, 0.2) is 64.1 Å². The van der Waals surface area contributed by atoms with E-state index in [0.717, 1.165) is 18.4 Å². The molecule has 2 aliphatic rings. The normalized spacial score (nSPS) is 17.2. The summed E-state index contributed by atoms with van der Waals surface area (Å²) in [5, 5.41) is 5.47. The number of nitrogens with zero attached hydrogens (tertiary/aromatic N) is 4. The third kappa shape index (κ3) is 8.87. The zero-order valence-electron chi connectivity index (χ0n) is 36.3. The highest BCUT2D eigenvalue weighted by atomic mass is 16.5. The monoisotopic (exact) mass is 864 g/mol. The molecule has 3 aromatic heterocycles. The number of imidazole rings is 2. The molecule has 4 N–H and O–H groups in total. The van der Waals surface area contributed by atoms with Gasteiger partial charge in [0.1, 0.15) is 29.3 Å². The van der Waals surface area contributed by atoms with E-state index in [0.29, 0.717) is 60.1 Å². The van der Waals surface area contributed by atoms with Gasteiger partial charge in [-0.05, 0) is 61.3 Å². The second kappa shape index (κ2) is 18.6. The minimum Gasteiger partial charge on any atom is -0.465 e. The van der Waals surface area contributed by atoms with E-state index in [4.69, 9.17) is 18.6 Å². The topological polar surface area (TPSA) is 231 Å². The van der Waals surface area contributed by atoms with Crippen LogP contribution in [0.1, 0.15) is 87.5 Å². The van der Waals surface area contributed by atoms with Crippen molar-refractivity contribution in [1.29, 1.82) is 0 Å². The Morgan fingerprint density at radius 2 is 1.17 bits per heavy atom. The first-order chi connectivity index (χ1) is 30.2. The molecule has 0 spiro atoms.